The lowest BCUT2D eigenvalue weighted by molar-refractivity contribution is 0.0593. The van der Waals surface area contributed by atoms with E-state index in [-0.39, 0.29) is 0 Å². The van der Waals surface area contributed by atoms with Gasteiger partial charge in [-0.25, -0.2) is 0 Å². The highest BCUT2D eigenvalue weighted by atomic mass is 15.2. The Hall–Kier alpha value is -0.0800. The summed E-state index contributed by atoms with van der Waals surface area (Å²) in [6.45, 7) is 13.0. The number of nitrogens with zero attached hydrogens (tertiary/aromatic N) is 1. The Bertz CT molecular complexity index is 291. The van der Waals surface area contributed by atoms with Crippen LogP contribution in [-0.4, -0.2) is 30.6 Å². The first-order valence-electron chi connectivity index (χ1n) is 9.39. The first-order chi connectivity index (χ1) is 9.95. The summed E-state index contributed by atoms with van der Waals surface area (Å²) in [6, 6.07) is 0.656. The number of hydrogen-bond donors (Lipinski definition) is 1. The lowest BCUT2D eigenvalue weighted by atomic mass is 9.68. The number of nitrogens with two attached hydrogens (primary N) is 1. The Morgan fingerprint density at radius 1 is 1.00 bits per heavy atom. The molecule has 2 fully saturated rings. The molecule has 2 heteroatoms. The summed E-state index contributed by atoms with van der Waals surface area (Å²) >= 11 is 0. The molecule has 1 saturated heterocycles. The van der Waals surface area contributed by atoms with Gasteiger partial charge in [0.15, 0.2) is 0 Å². The van der Waals surface area contributed by atoms with E-state index >= 15 is 0 Å². The molecule has 2 rings (SSSR count). The molecule has 0 aromatic rings. The van der Waals surface area contributed by atoms with E-state index in [1.54, 1.807) is 0 Å². The second-order valence-electron chi connectivity index (χ2n) is 8.67. The standard InChI is InChI=1S/C19H38N2/c1-5-15-10-12-21(13-11-15)18(14-20)16-6-8-17(9-7-16)19(2,3)4/h15-18H,5-14,20H2,1-4H3. The lowest BCUT2D eigenvalue weighted by Gasteiger charge is -2.44. The Kier molecular flexibility index (Phi) is 6.14. The Morgan fingerprint density at radius 3 is 2.00 bits per heavy atom. The third-order valence-electron chi connectivity index (χ3n) is 6.48. The first kappa shape index (κ1) is 17.3. The molecule has 0 radical (unpaired) electrons. The summed E-state index contributed by atoms with van der Waals surface area (Å²) < 4.78 is 0. The van der Waals surface area contributed by atoms with E-state index < -0.39 is 0 Å². The summed E-state index contributed by atoms with van der Waals surface area (Å²) in [5.74, 6) is 2.74. The zero-order valence-electron chi connectivity index (χ0n) is 14.9. The highest BCUT2D eigenvalue weighted by molar-refractivity contribution is 4.89. The maximum atomic E-state index is 6.18. The van der Waals surface area contributed by atoms with Gasteiger partial charge in [0, 0.05) is 12.6 Å². The van der Waals surface area contributed by atoms with Crippen molar-refractivity contribution >= 4 is 0 Å². The van der Waals surface area contributed by atoms with Crippen molar-refractivity contribution in [1.29, 1.82) is 0 Å². The largest absolute Gasteiger partial charge is 0.329 e. The molecule has 1 aliphatic heterocycles. The number of rotatable bonds is 4. The van der Waals surface area contributed by atoms with Crippen molar-refractivity contribution in [2.24, 2.45) is 28.9 Å². The lowest BCUT2D eigenvalue weighted by Crippen LogP contribution is -2.50. The van der Waals surface area contributed by atoms with Gasteiger partial charge >= 0.3 is 0 Å². The summed E-state index contributed by atoms with van der Waals surface area (Å²) in [5.41, 5.74) is 6.67. The average Bonchev–Trinajstić information content (AvgIpc) is 2.48. The van der Waals surface area contributed by atoms with E-state index in [9.17, 15) is 0 Å². The van der Waals surface area contributed by atoms with Gasteiger partial charge in [0.05, 0.1) is 0 Å². The van der Waals surface area contributed by atoms with E-state index in [0.29, 0.717) is 11.5 Å². The van der Waals surface area contributed by atoms with Crippen molar-refractivity contribution in [3.05, 3.63) is 0 Å². The first-order valence-corrected chi connectivity index (χ1v) is 9.39. The van der Waals surface area contributed by atoms with Crippen LogP contribution in [0.3, 0.4) is 0 Å². The number of hydrogen-bond acceptors (Lipinski definition) is 2. The molecule has 1 unspecified atom stereocenters. The van der Waals surface area contributed by atoms with Crippen LogP contribution in [0.4, 0.5) is 0 Å². The van der Waals surface area contributed by atoms with Crippen LogP contribution in [-0.2, 0) is 0 Å². The van der Waals surface area contributed by atoms with E-state index in [1.165, 1.54) is 58.0 Å². The van der Waals surface area contributed by atoms with E-state index in [0.717, 1.165) is 24.3 Å². The molecular formula is C19H38N2. The van der Waals surface area contributed by atoms with Gasteiger partial charge in [0.25, 0.3) is 0 Å². The molecule has 0 bridgehead atoms. The molecule has 21 heavy (non-hydrogen) atoms. The number of piperidine rings is 1. The van der Waals surface area contributed by atoms with Crippen molar-refractivity contribution in [3.8, 4) is 0 Å². The van der Waals surface area contributed by atoms with Crippen LogP contribution in [0.25, 0.3) is 0 Å². The van der Waals surface area contributed by atoms with Crippen LogP contribution in [0.15, 0.2) is 0 Å². The third kappa shape index (κ3) is 4.45. The smallest absolute Gasteiger partial charge is 0.0246 e. The van der Waals surface area contributed by atoms with Gasteiger partial charge in [-0.3, -0.25) is 4.90 Å². The minimum Gasteiger partial charge on any atom is -0.329 e. The second-order valence-corrected chi connectivity index (χ2v) is 8.67. The molecule has 1 aliphatic carbocycles. The zero-order valence-corrected chi connectivity index (χ0v) is 14.9. The molecule has 0 spiro atoms. The SMILES string of the molecule is CCC1CCN(C(CN)C2CCC(C(C)(C)C)CC2)CC1. The van der Waals surface area contributed by atoms with Gasteiger partial charge in [0.1, 0.15) is 0 Å². The van der Waals surface area contributed by atoms with Crippen molar-refractivity contribution in [3.63, 3.8) is 0 Å². The minimum atomic E-state index is 0.489. The van der Waals surface area contributed by atoms with Crippen molar-refractivity contribution in [2.75, 3.05) is 19.6 Å². The monoisotopic (exact) mass is 294 g/mol. The van der Waals surface area contributed by atoms with Gasteiger partial charge < -0.3 is 5.73 Å². The molecular weight excluding hydrogens is 256 g/mol. The summed E-state index contributed by atoms with van der Waals surface area (Å²) in [6.07, 6.45) is 9.77. The Balaban J connectivity index is 1.85. The molecule has 0 aromatic heterocycles. The highest BCUT2D eigenvalue weighted by Gasteiger charge is 2.35. The predicted molar refractivity (Wildman–Crippen MR) is 92.3 cm³/mol. The van der Waals surface area contributed by atoms with Crippen LogP contribution >= 0.6 is 0 Å². The van der Waals surface area contributed by atoms with Crippen molar-refractivity contribution in [1.82, 2.24) is 4.90 Å². The van der Waals surface area contributed by atoms with Gasteiger partial charge in [0.2, 0.25) is 0 Å². The topological polar surface area (TPSA) is 29.3 Å². The van der Waals surface area contributed by atoms with Crippen LogP contribution in [0.5, 0.6) is 0 Å². The van der Waals surface area contributed by atoms with Gasteiger partial charge in [-0.1, -0.05) is 34.1 Å². The molecule has 124 valence electrons. The highest BCUT2D eigenvalue weighted by Crippen LogP contribution is 2.41. The summed E-state index contributed by atoms with van der Waals surface area (Å²) in [7, 11) is 0. The van der Waals surface area contributed by atoms with E-state index in [2.05, 4.69) is 32.6 Å². The Labute approximate surface area is 132 Å². The number of likely N-dealkylation sites (tertiary alicyclic amines) is 1. The normalized spacial score (nSPS) is 31.3. The van der Waals surface area contributed by atoms with Crippen LogP contribution in [0.2, 0.25) is 0 Å². The minimum absolute atomic E-state index is 0.489. The van der Waals surface area contributed by atoms with E-state index in [1.807, 2.05) is 0 Å². The van der Waals surface area contributed by atoms with Gasteiger partial charge in [-0.15, -0.1) is 0 Å². The molecule has 1 heterocycles. The predicted octanol–water partition coefficient (Wildman–Crippen LogP) is 4.29. The second kappa shape index (κ2) is 7.46. The quantitative estimate of drug-likeness (QED) is 0.838. The molecule has 1 saturated carbocycles. The molecule has 1 atom stereocenters. The third-order valence-corrected chi connectivity index (χ3v) is 6.48. The van der Waals surface area contributed by atoms with Crippen LogP contribution in [0.1, 0.15) is 72.6 Å². The molecule has 0 amide bonds. The summed E-state index contributed by atoms with van der Waals surface area (Å²) in [5, 5.41) is 0. The fraction of sp³-hybridized carbons (Fsp3) is 1.00. The average molecular weight is 295 g/mol. The Morgan fingerprint density at radius 2 is 1.57 bits per heavy atom. The molecule has 0 aromatic carbocycles. The van der Waals surface area contributed by atoms with Gasteiger partial charge in [-0.05, 0) is 74.8 Å². The summed E-state index contributed by atoms with van der Waals surface area (Å²) in [4.78, 5) is 2.73. The van der Waals surface area contributed by atoms with Crippen LogP contribution < -0.4 is 5.73 Å². The molecule has 2 nitrogen and oxygen atoms in total. The fourth-order valence-corrected chi connectivity index (χ4v) is 4.70. The maximum Gasteiger partial charge on any atom is 0.0246 e. The molecule has 2 N–H and O–H groups in total. The zero-order chi connectivity index (χ0) is 15.5. The van der Waals surface area contributed by atoms with Gasteiger partial charge in [-0.2, -0.15) is 0 Å². The fourth-order valence-electron chi connectivity index (χ4n) is 4.70. The molecule has 2 aliphatic rings. The van der Waals surface area contributed by atoms with Crippen LogP contribution in [0, 0.1) is 23.2 Å². The maximum absolute atomic E-state index is 6.18. The van der Waals surface area contributed by atoms with E-state index in [4.69, 9.17) is 5.73 Å². The van der Waals surface area contributed by atoms with Crippen molar-refractivity contribution < 1.29 is 0 Å². The van der Waals surface area contributed by atoms with Crippen molar-refractivity contribution in [2.45, 2.75) is 78.7 Å².